The number of nitrogens with one attached hydrogen (secondary N) is 1. The van der Waals surface area contributed by atoms with Crippen LogP contribution in [0, 0.1) is 0 Å². The minimum atomic E-state index is -0.0990. The van der Waals surface area contributed by atoms with E-state index in [9.17, 15) is 4.79 Å². The third kappa shape index (κ3) is 4.00. The van der Waals surface area contributed by atoms with E-state index in [-0.39, 0.29) is 6.03 Å². The topological polar surface area (TPSA) is 97.0 Å². The molecule has 1 N–H and O–H groups in total. The number of carbonyl (C=O) groups is 1. The van der Waals surface area contributed by atoms with Crippen molar-refractivity contribution in [2.24, 2.45) is 0 Å². The number of amides is 2. The maximum Gasteiger partial charge on any atom is 0.321 e. The molecular weight excluding hydrogens is 356 g/mol. The zero-order valence-electron chi connectivity index (χ0n) is 15.7. The van der Waals surface area contributed by atoms with Crippen LogP contribution in [0.1, 0.15) is 37.2 Å². The molecule has 0 spiro atoms. The molecule has 3 aromatic rings. The lowest BCUT2D eigenvalue weighted by molar-refractivity contribution is 0.194. The van der Waals surface area contributed by atoms with E-state index in [4.69, 9.17) is 4.52 Å². The van der Waals surface area contributed by atoms with Crippen LogP contribution in [0.15, 0.2) is 47.4 Å². The maximum atomic E-state index is 12.6. The lowest BCUT2D eigenvalue weighted by atomic mass is 9.93. The Bertz CT molecular complexity index is 935. The fourth-order valence-electron chi connectivity index (χ4n) is 3.37. The van der Waals surface area contributed by atoms with Gasteiger partial charge in [-0.15, -0.1) is 0 Å². The summed E-state index contributed by atoms with van der Waals surface area (Å²) in [5.74, 6) is 1.50. The molecule has 1 aliphatic heterocycles. The number of carbonyl (C=O) groups excluding carboxylic acids is 1. The predicted molar refractivity (Wildman–Crippen MR) is 104 cm³/mol. The van der Waals surface area contributed by atoms with Crippen LogP contribution < -0.4 is 5.32 Å². The molecule has 4 rings (SSSR count). The van der Waals surface area contributed by atoms with E-state index in [1.165, 1.54) is 0 Å². The Morgan fingerprint density at radius 1 is 1.29 bits per heavy atom. The molecule has 1 fully saturated rings. The van der Waals surface area contributed by atoms with Crippen molar-refractivity contribution in [3.05, 3.63) is 54.4 Å². The standard InChI is InChI=1S/C20H22N6O2/c1-2-18-24-19(28-25-18)15-4-3-5-16(12-15)23-20(27)26-10-7-14(8-11-26)17-6-9-21-13-22-17/h3-6,9,12-14H,2,7-8,10-11H2,1H3,(H,23,27). The zero-order chi connectivity index (χ0) is 19.3. The van der Waals surface area contributed by atoms with Gasteiger partial charge in [-0.25, -0.2) is 14.8 Å². The number of rotatable bonds is 4. The fraction of sp³-hybridized carbons (Fsp3) is 0.350. The average molecular weight is 378 g/mol. The zero-order valence-corrected chi connectivity index (χ0v) is 15.7. The number of aromatic nitrogens is 4. The van der Waals surface area contributed by atoms with Crippen molar-refractivity contribution >= 4 is 11.7 Å². The number of benzene rings is 1. The van der Waals surface area contributed by atoms with E-state index in [0.29, 0.717) is 42.8 Å². The molecule has 0 bridgehead atoms. The molecule has 1 aliphatic rings. The van der Waals surface area contributed by atoms with E-state index >= 15 is 0 Å². The summed E-state index contributed by atoms with van der Waals surface area (Å²) in [7, 11) is 0. The van der Waals surface area contributed by atoms with E-state index in [0.717, 1.165) is 24.1 Å². The van der Waals surface area contributed by atoms with E-state index in [1.807, 2.05) is 42.2 Å². The Morgan fingerprint density at radius 3 is 2.86 bits per heavy atom. The summed E-state index contributed by atoms with van der Waals surface area (Å²) >= 11 is 0. The van der Waals surface area contributed by atoms with Crippen molar-refractivity contribution in [2.75, 3.05) is 18.4 Å². The summed E-state index contributed by atoms with van der Waals surface area (Å²) in [5, 5.41) is 6.89. The van der Waals surface area contributed by atoms with Crippen LogP contribution in [-0.2, 0) is 6.42 Å². The van der Waals surface area contributed by atoms with Gasteiger partial charge in [-0.05, 0) is 37.1 Å². The van der Waals surface area contributed by atoms with Gasteiger partial charge in [0.1, 0.15) is 6.33 Å². The molecule has 144 valence electrons. The third-order valence-corrected chi connectivity index (χ3v) is 4.95. The number of anilines is 1. The third-order valence-electron chi connectivity index (χ3n) is 4.95. The monoisotopic (exact) mass is 378 g/mol. The first kappa shape index (κ1) is 18.1. The summed E-state index contributed by atoms with van der Waals surface area (Å²) in [6, 6.07) is 9.30. The first-order valence-electron chi connectivity index (χ1n) is 9.48. The van der Waals surface area contributed by atoms with Crippen molar-refractivity contribution < 1.29 is 9.32 Å². The maximum absolute atomic E-state index is 12.6. The van der Waals surface area contributed by atoms with Crippen LogP contribution in [0.5, 0.6) is 0 Å². The van der Waals surface area contributed by atoms with Gasteiger partial charge in [0.2, 0.25) is 0 Å². The van der Waals surface area contributed by atoms with Gasteiger partial charge < -0.3 is 14.7 Å². The van der Waals surface area contributed by atoms with Crippen LogP contribution in [0.2, 0.25) is 0 Å². The average Bonchev–Trinajstić information content (AvgIpc) is 3.24. The summed E-state index contributed by atoms with van der Waals surface area (Å²) in [4.78, 5) is 27.1. The molecule has 2 amide bonds. The van der Waals surface area contributed by atoms with Crippen molar-refractivity contribution in [1.82, 2.24) is 25.0 Å². The Morgan fingerprint density at radius 2 is 2.14 bits per heavy atom. The first-order valence-corrected chi connectivity index (χ1v) is 9.48. The van der Waals surface area contributed by atoms with Crippen LogP contribution >= 0.6 is 0 Å². The van der Waals surface area contributed by atoms with Crippen molar-refractivity contribution in [1.29, 1.82) is 0 Å². The number of urea groups is 1. The van der Waals surface area contributed by atoms with Crippen LogP contribution in [0.4, 0.5) is 10.5 Å². The molecule has 0 radical (unpaired) electrons. The minimum absolute atomic E-state index is 0.0990. The molecular formula is C20H22N6O2. The molecule has 3 heterocycles. The van der Waals surface area contributed by atoms with E-state index in [2.05, 4.69) is 25.4 Å². The molecule has 1 saturated heterocycles. The highest BCUT2D eigenvalue weighted by atomic mass is 16.5. The van der Waals surface area contributed by atoms with Crippen LogP contribution in [-0.4, -0.2) is 44.1 Å². The van der Waals surface area contributed by atoms with Gasteiger partial charge in [0, 0.05) is 48.6 Å². The Labute approximate surface area is 163 Å². The Kier molecular flexibility index (Phi) is 5.27. The Hall–Kier alpha value is -3.29. The van der Waals surface area contributed by atoms with Crippen LogP contribution in [0.25, 0.3) is 11.5 Å². The molecule has 2 aromatic heterocycles. The Balaban J connectivity index is 1.37. The second-order valence-electron chi connectivity index (χ2n) is 6.78. The number of aryl methyl sites for hydroxylation is 1. The highest BCUT2D eigenvalue weighted by Crippen LogP contribution is 2.27. The molecule has 0 aliphatic carbocycles. The molecule has 0 unspecified atom stereocenters. The molecule has 8 nitrogen and oxygen atoms in total. The summed E-state index contributed by atoms with van der Waals surface area (Å²) in [6.45, 7) is 3.37. The van der Waals surface area contributed by atoms with Crippen molar-refractivity contribution in [2.45, 2.75) is 32.1 Å². The van der Waals surface area contributed by atoms with Gasteiger partial charge in [-0.2, -0.15) is 4.98 Å². The predicted octanol–water partition coefficient (Wildman–Crippen LogP) is 3.50. The number of piperidine rings is 1. The number of likely N-dealkylation sites (tertiary alicyclic amines) is 1. The number of hydrogen-bond donors (Lipinski definition) is 1. The van der Waals surface area contributed by atoms with Crippen molar-refractivity contribution in [3.8, 4) is 11.5 Å². The smallest absolute Gasteiger partial charge is 0.321 e. The van der Waals surface area contributed by atoms with Gasteiger partial charge >= 0.3 is 6.03 Å². The second kappa shape index (κ2) is 8.16. The number of nitrogens with zero attached hydrogens (tertiary/aromatic N) is 5. The molecule has 0 saturated carbocycles. The second-order valence-corrected chi connectivity index (χ2v) is 6.78. The normalized spacial score (nSPS) is 14.8. The SMILES string of the molecule is CCc1noc(-c2cccc(NC(=O)N3CCC(c4ccncn4)CC3)c2)n1. The summed E-state index contributed by atoms with van der Waals surface area (Å²) in [5.41, 5.74) is 2.54. The number of hydrogen-bond acceptors (Lipinski definition) is 6. The highest BCUT2D eigenvalue weighted by molar-refractivity contribution is 5.90. The van der Waals surface area contributed by atoms with E-state index < -0.39 is 0 Å². The summed E-state index contributed by atoms with van der Waals surface area (Å²) < 4.78 is 5.28. The lowest BCUT2D eigenvalue weighted by Crippen LogP contribution is -2.40. The first-order chi connectivity index (χ1) is 13.7. The molecule has 1 aromatic carbocycles. The van der Waals surface area contributed by atoms with Crippen molar-refractivity contribution in [3.63, 3.8) is 0 Å². The van der Waals surface area contributed by atoms with Gasteiger partial charge in [-0.1, -0.05) is 18.1 Å². The quantitative estimate of drug-likeness (QED) is 0.746. The highest BCUT2D eigenvalue weighted by Gasteiger charge is 2.24. The largest absolute Gasteiger partial charge is 0.334 e. The van der Waals surface area contributed by atoms with Gasteiger partial charge in [0.05, 0.1) is 0 Å². The molecule has 28 heavy (non-hydrogen) atoms. The van der Waals surface area contributed by atoms with Crippen LogP contribution in [0.3, 0.4) is 0 Å². The summed E-state index contributed by atoms with van der Waals surface area (Å²) in [6.07, 6.45) is 5.85. The molecule has 0 atom stereocenters. The lowest BCUT2D eigenvalue weighted by Gasteiger charge is -2.31. The van der Waals surface area contributed by atoms with E-state index in [1.54, 1.807) is 12.5 Å². The minimum Gasteiger partial charge on any atom is -0.334 e. The molecule has 8 heteroatoms. The fourth-order valence-corrected chi connectivity index (χ4v) is 3.37. The van der Waals surface area contributed by atoms with Gasteiger partial charge in [0.15, 0.2) is 5.82 Å². The van der Waals surface area contributed by atoms with Gasteiger partial charge in [0.25, 0.3) is 5.89 Å². The van der Waals surface area contributed by atoms with Gasteiger partial charge in [-0.3, -0.25) is 0 Å².